The van der Waals surface area contributed by atoms with Gasteiger partial charge in [-0.3, -0.25) is 14.6 Å². The fourth-order valence-corrected chi connectivity index (χ4v) is 3.34. The molecule has 5 nitrogen and oxygen atoms in total. The van der Waals surface area contributed by atoms with Crippen molar-refractivity contribution >= 4 is 17.5 Å². The van der Waals surface area contributed by atoms with Crippen LogP contribution in [0.2, 0.25) is 0 Å². The van der Waals surface area contributed by atoms with E-state index in [-0.39, 0.29) is 11.8 Å². The molecule has 0 aliphatic rings. The molecule has 0 aliphatic heterocycles. The molecule has 0 spiro atoms. The number of amides is 2. The van der Waals surface area contributed by atoms with Crippen molar-refractivity contribution in [3.05, 3.63) is 84.2 Å². The fourth-order valence-electron chi connectivity index (χ4n) is 3.34. The molecular weight excluding hydrogens is 386 g/mol. The highest BCUT2D eigenvalue weighted by atomic mass is 16.2. The van der Waals surface area contributed by atoms with Crippen LogP contribution in [0.25, 0.3) is 11.1 Å². The van der Waals surface area contributed by atoms with E-state index >= 15 is 0 Å². The molecule has 2 amide bonds. The number of carbonyl (C=O) groups excluding carboxylic acids is 2. The third-order valence-corrected chi connectivity index (χ3v) is 4.99. The summed E-state index contributed by atoms with van der Waals surface area (Å²) in [7, 11) is 0. The van der Waals surface area contributed by atoms with Crippen LogP contribution in [0, 0.1) is 5.92 Å². The molecule has 0 saturated heterocycles. The average molecular weight is 416 g/mol. The topological polar surface area (TPSA) is 62.3 Å². The number of hydrogen-bond acceptors (Lipinski definition) is 3. The van der Waals surface area contributed by atoms with Gasteiger partial charge in [0.15, 0.2) is 0 Å². The summed E-state index contributed by atoms with van der Waals surface area (Å²) in [6.07, 6.45) is 3.93. The SMILES string of the molecule is CCC(=O)N(CC(C)C)c1ccc(-c2ccc(C(=O)NCc3cccnc3)cc2)cc1. The van der Waals surface area contributed by atoms with Gasteiger partial charge in [-0.05, 0) is 52.9 Å². The first-order valence-electron chi connectivity index (χ1n) is 10.7. The second-order valence-corrected chi connectivity index (χ2v) is 7.92. The maximum Gasteiger partial charge on any atom is 0.251 e. The summed E-state index contributed by atoms with van der Waals surface area (Å²) in [5.74, 6) is 0.406. The third kappa shape index (κ3) is 6.01. The number of anilines is 1. The molecule has 1 N–H and O–H groups in total. The number of nitrogens with one attached hydrogen (secondary N) is 1. The van der Waals surface area contributed by atoms with Crippen LogP contribution in [0.15, 0.2) is 73.1 Å². The van der Waals surface area contributed by atoms with E-state index in [4.69, 9.17) is 0 Å². The summed E-state index contributed by atoms with van der Waals surface area (Å²) < 4.78 is 0. The van der Waals surface area contributed by atoms with Crippen molar-refractivity contribution in [1.82, 2.24) is 10.3 Å². The van der Waals surface area contributed by atoms with Gasteiger partial charge >= 0.3 is 0 Å². The van der Waals surface area contributed by atoms with Crippen molar-refractivity contribution in [2.75, 3.05) is 11.4 Å². The van der Waals surface area contributed by atoms with Gasteiger partial charge < -0.3 is 10.2 Å². The van der Waals surface area contributed by atoms with Crippen LogP contribution in [-0.2, 0) is 11.3 Å². The van der Waals surface area contributed by atoms with E-state index in [1.807, 2.05) is 72.5 Å². The van der Waals surface area contributed by atoms with Crippen LogP contribution in [0.1, 0.15) is 43.1 Å². The van der Waals surface area contributed by atoms with Crippen LogP contribution in [0.3, 0.4) is 0 Å². The van der Waals surface area contributed by atoms with E-state index in [1.54, 1.807) is 12.4 Å². The van der Waals surface area contributed by atoms with E-state index in [0.29, 0.717) is 31.0 Å². The zero-order valence-electron chi connectivity index (χ0n) is 18.3. The molecule has 0 radical (unpaired) electrons. The number of hydrogen-bond donors (Lipinski definition) is 1. The minimum atomic E-state index is -0.117. The lowest BCUT2D eigenvalue weighted by Crippen LogP contribution is -2.33. The first kappa shape index (κ1) is 22.2. The highest BCUT2D eigenvalue weighted by molar-refractivity contribution is 5.95. The van der Waals surface area contributed by atoms with Crippen molar-refractivity contribution in [1.29, 1.82) is 0 Å². The Labute approximate surface area is 184 Å². The number of benzene rings is 2. The van der Waals surface area contributed by atoms with Gasteiger partial charge in [0, 0.05) is 43.2 Å². The summed E-state index contributed by atoms with van der Waals surface area (Å²) in [5.41, 5.74) is 4.55. The maximum absolute atomic E-state index is 12.4. The summed E-state index contributed by atoms with van der Waals surface area (Å²) in [4.78, 5) is 30.6. The molecule has 0 bridgehead atoms. The van der Waals surface area contributed by atoms with Crippen LogP contribution >= 0.6 is 0 Å². The van der Waals surface area contributed by atoms with E-state index < -0.39 is 0 Å². The molecule has 0 saturated carbocycles. The molecule has 0 unspecified atom stereocenters. The Kier molecular flexibility index (Phi) is 7.55. The summed E-state index contributed by atoms with van der Waals surface area (Å²) in [5, 5.41) is 2.91. The van der Waals surface area contributed by atoms with Crippen molar-refractivity contribution in [2.24, 2.45) is 5.92 Å². The lowest BCUT2D eigenvalue weighted by Gasteiger charge is -2.24. The monoisotopic (exact) mass is 415 g/mol. The second-order valence-electron chi connectivity index (χ2n) is 7.92. The number of nitrogens with zero attached hydrogens (tertiary/aromatic N) is 2. The quantitative estimate of drug-likeness (QED) is 0.558. The van der Waals surface area contributed by atoms with Gasteiger partial charge in [0.1, 0.15) is 0 Å². The molecule has 1 aromatic heterocycles. The van der Waals surface area contributed by atoms with Crippen LogP contribution in [-0.4, -0.2) is 23.3 Å². The first-order valence-corrected chi connectivity index (χ1v) is 10.7. The second kappa shape index (κ2) is 10.5. The number of aromatic nitrogens is 1. The number of carbonyl (C=O) groups is 2. The average Bonchev–Trinajstić information content (AvgIpc) is 2.81. The highest BCUT2D eigenvalue weighted by Gasteiger charge is 2.15. The van der Waals surface area contributed by atoms with E-state index in [2.05, 4.69) is 24.1 Å². The molecule has 3 aromatic rings. The summed E-state index contributed by atoms with van der Waals surface area (Å²) >= 11 is 0. The highest BCUT2D eigenvalue weighted by Crippen LogP contribution is 2.25. The maximum atomic E-state index is 12.4. The van der Waals surface area contributed by atoms with Crippen LogP contribution in [0.4, 0.5) is 5.69 Å². The largest absolute Gasteiger partial charge is 0.348 e. The van der Waals surface area contributed by atoms with Crippen LogP contribution in [0.5, 0.6) is 0 Å². The summed E-state index contributed by atoms with van der Waals surface area (Å²) in [6.45, 7) is 7.25. The van der Waals surface area contributed by atoms with Gasteiger partial charge in [0.2, 0.25) is 5.91 Å². The molecule has 160 valence electrons. The minimum absolute atomic E-state index is 0.117. The van der Waals surface area contributed by atoms with Crippen molar-refractivity contribution in [3.8, 4) is 11.1 Å². The first-order chi connectivity index (χ1) is 15.0. The predicted molar refractivity (Wildman–Crippen MR) is 125 cm³/mol. The molecule has 3 rings (SSSR count). The van der Waals surface area contributed by atoms with Gasteiger partial charge in [-0.2, -0.15) is 0 Å². The van der Waals surface area contributed by atoms with Crippen molar-refractivity contribution < 1.29 is 9.59 Å². The Morgan fingerprint density at radius 1 is 0.968 bits per heavy atom. The lowest BCUT2D eigenvalue weighted by molar-refractivity contribution is -0.118. The Hall–Kier alpha value is -3.47. The van der Waals surface area contributed by atoms with E-state index in [1.165, 1.54) is 0 Å². The van der Waals surface area contributed by atoms with Crippen molar-refractivity contribution in [3.63, 3.8) is 0 Å². The Morgan fingerprint density at radius 2 is 1.61 bits per heavy atom. The standard InChI is InChI=1S/C26H29N3O2/c1-4-25(30)29(18-19(2)3)24-13-11-22(12-14-24)21-7-9-23(10-8-21)26(31)28-17-20-6-5-15-27-16-20/h5-16,19H,4,17-18H2,1-3H3,(H,28,31). The van der Waals surface area contributed by atoms with E-state index in [0.717, 1.165) is 22.4 Å². The van der Waals surface area contributed by atoms with Gasteiger partial charge in [0.05, 0.1) is 0 Å². The molecule has 2 aromatic carbocycles. The number of pyridine rings is 1. The smallest absolute Gasteiger partial charge is 0.251 e. The molecule has 5 heteroatoms. The molecule has 31 heavy (non-hydrogen) atoms. The zero-order valence-corrected chi connectivity index (χ0v) is 18.3. The van der Waals surface area contributed by atoms with Gasteiger partial charge in [-0.25, -0.2) is 0 Å². The fraction of sp³-hybridized carbons (Fsp3) is 0.269. The molecule has 0 aliphatic carbocycles. The molecule has 0 fully saturated rings. The molecule has 0 atom stereocenters. The summed E-state index contributed by atoms with van der Waals surface area (Å²) in [6, 6.07) is 19.3. The normalized spacial score (nSPS) is 10.7. The van der Waals surface area contributed by atoms with E-state index in [9.17, 15) is 9.59 Å². The Morgan fingerprint density at radius 3 is 2.16 bits per heavy atom. The molecular formula is C26H29N3O2. The third-order valence-electron chi connectivity index (χ3n) is 4.99. The number of rotatable bonds is 8. The van der Waals surface area contributed by atoms with Crippen LogP contribution < -0.4 is 10.2 Å². The van der Waals surface area contributed by atoms with Gasteiger partial charge in [0.25, 0.3) is 5.91 Å². The van der Waals surface area contributed by atoms with Gasteiger partial charge in [-0.1, -0.05) is 51.1 Å². The lowest BCUT2D eigenvalue weighted by atomic mass is 10.0. The Balaban J connectivity index is 1.67. The predicted octanol–water partition coefficient (Wildman–Crippen LogP) is 5.08. The Bertz CT molecular complexity index is 997. The van der Waals surface area contributed by atoms with Crippen molar-refractivity contribution in [2.45, 2.75) is 33.7 Å². The van der Waals surface area contributed by atoms with Gasteiger partial charge in [-0.15, -0.1) is 0 Å². The molecule has 1 heterocycles. The minimum Gasteiger partial charge on any atom is -0.348 e. The zero-order chi connectivity index (χ0) is 22.2.